The number of carbonyl (C=O) groups is 2. The SMILES string of the molecule is O=C(NC1CCN(C(=O)c2cc(O)c(O)c(O)c2)CC1)c1ccc2c(c1)OCO2. The van der Waals surface area contributed by atoms with Gasteiger partial charge in [-0.05, 0) is 43.2 Å². The molecule has 0 saturated carbocycles. The summed E-state index contributed by atoms with van der Waals surface area (Å²) in [4.78, 5) is 26.7. The molecule has 0 unspecified atom stereocenters. The lowest BCUT2D eigenvalue weighted by atomic mass is 10.0. The van der Waals surface area contributed by atoms with Gasteiger partial charge in [-0.3, -0.25) is 9.59 Å². The van der Waals surface area contributed by atoms with Crippen LogP contribution in [0.25, 0.3) is 0 Å². The van der Waals surface area contributed by atoms with Crippen molar-refractivity contribution in [3.8, 4) is 28.7 Å². The molecule has 2 heterocycles. The number of amides is 2. The summed E-state index contributed by atoms with van der Waals surface area (Å²) >= 11 is 0. The van der Waals surface area contributed by atoms with Gasteiger partial charge in [0.05, 0.1) is 0 Å². The van der Waals surface area contributed by atoms with Crippen LogP contribution < -0.4 is 14.8 Å². The number of fused-ring (bicyclic) bond motifs is 1. The number of nitrogens with one attached hydrogen (secondary N) is 1. The fourth-order valence-electron chi connectivity index (χ4n) is 3.44. The minimum absolute atomic E-state index is 0.0839. The molecule has 2 aliphatic rings. The Hall–Kier alpha value is -3.62. The fraction of sp³-hybridized carbons (Fsp3) is 0.300. The van der Waals surface area contributed by atoms with Crippen LogP contribution in [-0.2, 0) is 0 Å². The molecule has 0 bridgehead atoms. The van der Waals surface area contributed by atoms with E-state index in [2.05, 4.69) is 5.32 Å². The van der Waals surface area contributed by atoms with Gasteiger partial charge in [0, 0.05) is 30.3 Å². The molecule has 9 nitrogen and oxygen atoms in total. The van der Waals surface area contributed by atoms with E-state index in [9.17, 15) is 24.9 Å². The normalized spacial score (nSPS) is 15.9. The first-order chi connectivity index (χ1) is 13.9. The first-order valence-electron chi connectivity index (χ1n) is 9.17. The van der Waals surface area contributed by atoms with Crippen LogP contribution in [0, 0.1) is 0 Å². The quantitative estimate of drug-likeness (QED) is 0.576. The van der Waals surface area contributed by atoms with Crippen molar-refractivity contribution in [1.82, 2.24) is 10.2 Å². The Bertz CT molecular complexity index is 944. The van der Waals surface area contributed by atoms with Gasteiger partial charge >= 0.3 is 0 Å². The van der Waals surface area contributed by atoms with Crippen LogP contribution in [0.4, 0.5) is 0 Å². The van der Waals surface area contributed by atoms with E-state index in [1.54, 1.807) is 23.1 Å². The first kappa shape index (κ1) is 18.7. The second-order valence-electron chi connectivity index (χ2n) is 6.97. The highest BCUT2D eigenvalue weighted by Gasteiger charge is 2.26. The van der Waals surface area contributed by atoms with E-state index in [4.69, 9.17) is 9.47 Å². The van der Waals surface area contributed by atoms with Crippen molar-refractivity contribution in [2.45, 2.75) is 18.9 Å². The zero-order chi connectivity index (χ0) is 20.5. The topological polar surface area (TPSA) is 129 Å². The van der Waals surface area contributed by atoms with Gasteiger partial charge < -0.3 is 35.0 Å². The average Bonchev–Trinajstić information content (AvgIpc) is 3.19. The van der Waals surface area contributed by atoms with Gasteiger partial charge in [0.15, 0.2) is 28.7 Å². The number of phenolic OH excluding ortho intramolecular Hbond substituents is 3. The number of piperidine rings is 1. The number of rotatable bonds is 3. The lowest BCUT2D eigenvalue weighted by molar-refractivity contribution is 0.0697. The summed E-state index contributed by atoms with van der Waals surface area (Å²) in [7, 11) is 0. The second-order valence-corrected chi connectivity index (χ2v) is 6.97. The van der Waals surface area contributed by atoms with E-state index in [1.165, 1.54) is 0 Å². The van der Waals surface area contributed by atoms with Crippen LogP contribution in [0.3, 0.4) is 0 Å². The predicted octanol–water partition coefficient (Wildman–Crippen LogP) is 1.57. The van der Waals surface area contributed by atoms with Crippen LogP contribution in [0.1, 0.15) is 33.6 Å². The molecule has 2 amide bonds. The van der Waals surface area contributed by atoms with Crippen molar-refractivity contribution >= 4 is 11.8 Å². The summed E-state index contributed by atoms with van der Waals surface area (Å²) < 4.78 is 10.5. The van der Waals surface area contributed by atoms with E-state index in [-0.39, 0.29) is 30.2 Å². The second kappa shape index (κ2) is 7.42. The van der Waals surface area contributed by atoms with Gasteiger partial charge in [0.1, 0.15) is 0 Å². The van der Waals surface area contributed by atoms with E-state index in [0.717, 1.165) is 12.1 Å². The van der Waals surface area contributed by atoms with Gasteiger partial charge in [-0.2, -0.15) is 0 Å². The molecule has 152 valence electrons. The van der Waals surface area contributed by atoms with Crippen LogP contribution in [0.5, 0.6) is 28.7 Å². The largest absolute Gasteiger partial charge is 0.504 e. The molecule has 1 fully saturated rings. The third-order valence-electron chi connectivity index (χ3n) is 5.07. The third kappa shape index (κ3) is 3.71. The van der Waals surface area contributed by atoms with Crippen LogP contribution in [0.15, 0.2) is 30.3 Å². The summed E-state index contributed by atoms with van der Waals surface area (Å²) in [5, 5.41) is 31.6. The van der Waals surface area contributed by atoms with E-state index in [1.807, 2.05) is 0 Å². The van der Waals surface area contributed by atoms with Crippen LogP contribution in [-0.4, -0.2) is 58.0 Å². The van der Waals surface area contributed by atoms with Crippen molar-refractivity contribution in [3.63, 3.8) is 0 Å². The zero-order valence-electron chi connectivity index (χ0n) is 15.4. The monoisotopic (exact) mass is 400 g/mol. The highest BCUT2D eigenvalue weighted by molar-refractivity contribution is 5.96. The van der Waals surface area contributed by atoms with Crippen molar-refractivity contribution in [2.24, 2.45) is 0 Å². The number of ether oxygens (including phenoxy) is 2. The molecule has 0 aliphatic carbocycles. The Balaban J connectivity index is 1.34. The Morgan fingerprint density at radius 2 is 1.59 bits per heavy atom. The van der Waals surface area contributed by atoms with Crippen molar-refractivity contribution in [2.75, 3.05) is 19.9 Å². The van der Waals surface area contributed by atoms with Gasteiger partial charge in [0.2, 0.25) is 6.79 Å². The Morgan fingerprint density at radius 1 is 0.931 bits per heavy atom. The molecular weight excluding hydrogens is 380 g/mol. The maximum absolute atomic E-state index is 12.6. The predicted molar refractivity (Wildman–Crippen MR) is 100 cm³/mol. The molecule has 2 aromatic carbocycles. The molecule has 2 aromatic rings. The van der Waals surface area contributed by atoms with Gasteiger partial charge in [-0.25, -0.2) is 0 Å². The first-order valence-corrected chi connectivity index (χ1v) is 9.17. The van der Waals surface area contributed by atoms with Gasteiger partial charge in [0.25, 0.3) is 11.8 Å². The minimum Gasteiger partial charge on any atom is -0.504 e. The molecule has 4 N–H and O–H groups in total. The molecule has 29 heavy (non-hydrogen) atoms. The summed E-state index contributed by atoms with van der Waals surface area (Å²) in [6.07, 6.45) is 1.14. The molecule has 0 atom stereocenters. The van der Waals surface area contributed by atoms with Crippen LogP contribution >= 0.6 is 0 Å². The Kier molecular flexibility index (Phi) is 4.79. The molecule has 0 aromatic heterocycles. The molecule has 4 rings (SSSR count). The van der Waals surface area contributed by atoms with Gasteiger partial charge in [-0.1, -0.05) is 0 Å². The van der Waals surface area contributed by atoms with Crippen LogP contribution in [0.2, 0.25) is 0 Å². The summed E-state index contributed by atoms with van der Waals surface area (Å²) in [5.74, 6) is -1.21. The van der Waals surface area contributed by atoms with E-state index >= 15 is 0 Å². The number of carbonyl (C=O) groups excluding carboxylic acids is 2. The number of hydrogen-bond acceptors (Lipinski definition) is 7. The highest BCUT2D eigenvalue weighted by Crippen LogP contribution is 2.36. The number of benzene rings is 2. The summed E-state index contributed by atoms with van der Waals surface area (Å²) in [6, 6.07) is 7.15. The minimum atomic E-state index is -0.661. The summed E-state index contributed by atoms with van der Waals surface area (Å²) in [6.45, 7) is 0.962. The maximum Gasteiger partial charge on any atom is 0.254 e. The molecular formula is C20H20N2O7. The lowest BCUT2D eigenvalue weighted by Gasteiger charge is -2.32. The number of nitrogens with zero attached hydrogens (tertiary/aromatic N) is 1. The molecule has 0 spiro atoms. The molecule has 0 radical (unpaired) electrons. The van der Waals surface area contributed by atoms with E-state index < -0.39 is 17.2 Å². The van der Waals surface area contributed by atoms with Crippen molar-refractivity contribution in [3.05, 3.63) is 41.5 Å². The maximum atomic E-state index is 12.6. The standard InChI is InChI=1S/C20H20N2O7/c23-14-7-12(8-15(24)18(14)25)20(27)22-5-3-13(4-6-22)21-19(26)11-1-2-16-17(9-11)29-10-28-16/h1-2,7-9,13,23-25H,3-6,10H2,(H,21,26). The smallest absolute Gasteiger partial charge is 0.254 e. The number of likely N-dealkylation sites (tertiary alicyclic amines) is 1. The zero-order valence-corrected chi connectivity index (χ0v) is 15.4. The van der Waals surface area contributed by atoms with Crippen molar-refractivity contribution < 1.29 is 34.4 Å². The molecule has 1 saturated heterocycles. The Labute approximate surface area is 166 Å². The average molecular weight is 400 g/mol. The number of aromatic hydroxyl groups is 3. The lowest BCUT2D eigenvalue weighted by Crippen LogP contribution is -2.46. The van der Waals surface area contributed by atoms with Crippen molar-refractivity contribution in [1.29, 1.82) is 0 Å². The molecule has 2 aliphatic heterocycles. The molecule has 9 heteroatoms. The van der Waals surface area contributed by atoms with E-state index in [0.29, 0.717) is 43.0 Å². The third-order valence-corrected chi connectivity index (χ3v) is 5.07. The number of hydrogen-bond donors (Lipinski definition) is 4. The Morgan fingerprint density at radius 3 is 2.28 bits per heavy atom. The van der Waals surface area contributed by atoms with Gasteiger partial charge in [-0.15, -0.1) is 0 Å². The summed E-state index contributed by atoms with van der Waals surface area (Å²) in [5.41, 5.74) is 0.559. The fourth-order valence-corrected chi connectivity index (χ4v) is 3.44. The highest BCUT2D eigenvalue weighted by atomic mass is 16.7. The number of phenols is 3.